The lowest BCUT2D eigenvalue weighted by atomic mass is 10.1. The Morgan fingerprint density at radius 3 is 2.23 bits per heavy atom. The molecule has 4 aromatic rings. The molecule has 0 aliphatic carbocycles. The van der Waals surface area contributed by atoms with Gasteiger partial charge in [0.05, 0.1) is 17.8 Å². The van der Waals surface area contributed by atoms with Crippen molar-refractivity contribution in [3.05, 3.63) is 99.8 Å². The van der Waals surface area contributed by atoms with Gasteiger partial charge >= 0.3 is 0 Å². The van der Waals surface area contributed by atoms with Crippen molar-refractivity contribution in [3.63, 3.8) is 0 Å². The quantitative estimate of drug-likeness (QED) is 0.298. The zero-order valence-electron chi connectivity index (χ0n) is 16.6. The molecular formula is C25H21BrN2OS. The number of para-hydroxylation sites is 1. The number of anilines is 2. The Morgan fingerprint density at radius 2 is 1.57 bits per heavy atom. The minimum Gasteiger partial charge on any atom is -0.274 e. The maximum absolute atomic E-state index is 13.5. The van der Waals surface area contributed by atoms with Gasteiger partial charge in [-0.25, -0.2) is 4.98 Å². The first kappa shape index (κ1) is 20.5. The lowest BCUT2D eigenvalue weighted by Crippen LogP contribution is -2.27. The average Bonchev–Trinajstić information content (AvgIpc) is 3.20. The summed E-state index contributed by atoms with van der Waals surface area (Å²) in [6.45, 7) is 2.12. The molecule has 0 aliphatic rings. The van der Waals surface area contributed by atoms with Crippen LogP contribution in [0.15, 0.2) is 89.4 Å². The summed E-state index contributed by atoms with van der Waals surface area (Å²) in [7, 11) is 0. The summed E-state index contributed by atoms with van der Waals surface area (Å²) in [5, 5.41) is 0.693. The molecule has 0 N–H and O–H groups in total. The van der Waals surface area contributed by atoms with E-state index >= 15 is 0 Å². The molecule has 0 bridgehead atoms. The summed E-state index contributed by atoms with van der Waals surface area (Å²) in [4.78, 5) is 21.3. The van der Waals surface area contributed by atoms with Crippen LogP contribution in [0, 0.1) is 0 Å². The summed E-state index contributed by atoms with van der Waals surface area (Å²) < 4.78 is 0.862. The molecule has 5 heteroatoms. The molecule has 0 radical (unpaired) electrons. The second-order valence-electron chi connectivity index (χ2n) is 6.83. The van der Waals surface area contributed by atoms with Gasteiger partial charge in [0, 0.05) is 14.9 Å². The average molecular weight is 477 g/mol. The van der Waals surface area contributed by atoms with Gasteiger partial charge in [-0.2, -0.15) is 0 Å². The minimum atomic E-state index is -0.0101. The van der Waals surface area contributed by atoms with Crippen LogP contribution in [-0.2, 0) is 17.6 Å². The number of aromatic nitrogens is 1. The predicted octanol–water partition coefficient (Wildman–Crippen LogP) is 7.04. The summed E-state index contributed by atoms with van der Waals surface area (Å²) in [6.07, 6.45) is 1.17. The molecule has 0 atom stereocenters. The number of amides is 1. The van der Waals surface area contributed by atoms with Crippen molar-refractivity contribution in [2.45, 2.75) is 19.8 Å². The highest BCUT2D eigenvalue weighted by Crippen LogP contribution is 2.39. The molecule has 1 aromatic heterocycles. The fourth-order valence-electron chi connectivity index (χ4n) is 3.32. The number of nitrogens with zero attached hydrogens (tertiary/aromatic N) is 2. The zero-order valence-corrected chi connectivity index (χ0v) is 19.0. The van der Waals surface area contributed by atoms with Crippen LogP contribution < -0.4 is 4.90 Å². The molecule has 3 aromatic carbocycles. The van der Waals surface area contributed by atoms with E-state index in [-0.39, 0.29) is 5.91 Å². The van der Waals surface area contributed by atoms with Gasteiger partial charge in [0.25, 0.3) is 0 Å². The summed E-state index contributed by atoms with van der Waals surface area (Å²) >= 11 is 5.20. The van der Waals surface area contributed by atoms with E-state index in [9.17, 15) is 4.79 Å². The molecule has 1 heterocycles. The van der Waals surface area contributed by atoms with E-state index in [0.717, 1.165) is 33.4 Å². The van der Waals surface area contributed by atoms with Gasteiger partial charge < -0.3 is 0 Å². The fourth-order valence-corrected chi connectivity index (χ4v) is 4.84. The van der Waals surface area contributed by atoms with Gasteiger partial charge in [-0.05, 0) is 40.0 Å². The molecule has 0 spiro atoms. The van der Waals surface area contributed by atoms with E-state index in [1.807, 2.05) is 72.8 Å². The first-order valence-corrected chi connectivity index (χ1v) is 11.4. The molecule has 0 unspecified atom stereocenters. The molecule has 150 valence electrons. The Morgan fingerprint density at radius 1 is 0.933 bits per heavy atom. The van der Waals surface area contributed by atoms with Crippen LogP contribution in [0.25, 0.3) is 11.3 Å². The van der Waals surface area contributed by atoms with Crippen LogP contribution in [-0.4, -0.2) is 10.9 Å². The van der Waals surface area contributed by atoms with Gasteiger partial charge in [-0.15, -0.1) is 11.3 Å². The van der Waals surface area contributed by atoms with E-state index in [0.29, 0.717) is 11.6 Å². The lowest BCUT2D eigenvalue weighted by Gasteiger charge is -2.21. The molecule has 3 nitrogen and oxygen atoms in total. The van der Waals surface area contributed by atoms with Crippen LogP contribution in [0.3, 0.4) is 0 Å². The van der Waals surface area contributed by atoms with E-state index in [1.54, 1.807) is 16.2 Å². The Bertz CT molecular complexity index is 1140. The Kier molecular flexibility index (Phi) is 6.41. The molecule has 0 saturated carbocycles. The number of benzene rings is 3. The Labute approximate surface area is 189 Å². The first-order chi connectivity index (χ1) is 14.7. The second-order valence-corrected chi connectivity index (χ2v) is 8.75. The Hall–Kier alpha value is -2.76. The van der Waals surface area contributed by atoms with Gasteiger partial charge in [-0.3, -0.25) is 9.69 Å². The highest BCUT2D eigenvalue weighted by molar-refractivity contribution is 9.10. The van der Waals surface area contributed by atoms with E-state index < -0.39 is 0 Å². The van der Waals surface area contributed by atoms with Crippen molar-refractivity contribution in [2.75, 3.05) is 4.90 Å². The SMILES string of the molecule is CCc1sc(N(C(=O)Cc2ccccc2)c2ccccc2Br)nc1-c1ccccc1. The van der Waals surface area contributed by atoms with Gasteiger partial charge in [0.2, 0.25) is 5.91 Å². The van der Waals surface area contributed by atoms with Gasteiger partial charge in [0.1, 0.15) is 0 Å². The summed E-state index contributed by atoms with van der Waals surface area (Å²) in [5.41, 5.74) is 3.80. The first-order valence-electron chi connectivity index (χ1n) is 9.84. The molecule has 0 saturated heterocycles. The molecule has 0 aliphatic heterocycles. The molecule has 0 fully saturated rings. The topological polar surface area (TPSA) is 33.2 Å². The molecule has 30 heavy (non-hydrogen) atoms. The van der Waals surface area contributed by atoms with Crippen molar-refractivity contribution in [1.82, 2.24) is 4.98 Å². The van der Waals surface area contributed by atoms with Crippen LogP contribution in [0.4, 0.5) is 10.8 Å². The monoisotopic (exact) mass is 476 g/mol. The fraction of sp³-hybridized carbons (Fsp3) is 0.120. The number of hydrogen-bond donors (Lipinski definition) is 0. The zero-order chi connectivity index (χ0) is 20.9. The third-order valence-electron chi connectivity index (χ3n) is 4.79. The smallest absolute Gasteiger partial charge is 0.237 e. The van der Waals surface area contributed by atoms with Crippen molar-refractivity contribution in [2.24, 2.45) is 0 Å². The van der Waals surface area contributed by atoms with E-state index in [1.165, 1.54) is 4.88 Å². The molecule has 4 rings (SSSR count). The molecule has 1 amide bonds. The van der Waals surface area contributed by atoms with E-state index in [4.69, 9.17) is 4.98 Å². The van der Waals surface area contributed by atoms with Crippen molar-refractivity contribution >= 4 is 44.0 Å². The third kappa shape index (κ3) is 4.37. The van der Waals surface area contributed by atoms with Crippen LogP contribution >= 0.6 is 27.3 Å². The number of carbonyl (C=O) groups excluding carboxylic acids is 1. The number of thiazole rings is 1. The number of hydrogen-bond acceptors (Lipinski definition) is 3. The standard InChI is InChI=1S/C25H21BrN2OS/c1-2-22-24(19-13-7-4-8-14-19)27-25(30-22)28(21-16-10-9-15-20(21)26)23(29)17-18-11-5-3-6-12-18/h3-16H,2,17H2,1H3. The molecular weight excluding hydrogens is 456 g/mol. The normalized spacial score (nSPS) is 10.7. The highest BCUT2D eigenvalue weighted by atomic mass is 79.9. The summed E-state index contributed by atoms with van der Waals surface area (Å²) in [6, 6.07) is 27.8. The van der Waals surface area contributed by atoms with E-state index in [2.05, 4.69) is 35.0 Å². The van der Waals surface area contributed by atoms with Crippen LogP contribution in [0.2, 0.25) is 0 Å². The van der Waals surface area contributed by atoms with Gasteiger partial charge in [0.15, 0.2) is 5.13 Å². The maximum Gasteiger partial charge on any atom is 0.237 e. The second kappa shape index (κ2) is 9.37. The van der Waals surface area contributed by atoms with Crippen LogP contribution in [0.1, 0.15) is 17.4 Å². The van der Waals surface area contributed by atoms with Crippen molar-refractivity contribution < 1.29 is 4.79 Å². The van der Waals surface area contributed by atoms with Crippen LogP contribution in [0.5, 0.6) is 0 Å². The van der Waals surface area contributed by atoms with Gasteiger partial charge in [-0.1, -0.05) is 79.7 Å². The number of halogens is 1. The predicted molar refractivity (Wildman–Crippen MR) is 128 cm³/mol. The number of carbonyl (C=O) groups is 1. The lowest BCUT2D eigenvalue weighted by molar-refractivity contribution is -0.117. The largest absolute Gasteiger partial charge is 0.274 e. The number of aryl methyl sites for hydroxylation is 1. The maximum atomic E-state index is 13.5. The van der Waals surface area contributed by atoms with Crippen molar-refractivity contribution in [3.8, 4) is 11.3 Å². The summed E-state index contributed by atoms with van der Waals surface area (Å²) in [5.74, 6) is -0.0101. The highest BCUT2D eigenvalue weighted by Gasteiger charge is 2.25. The minimum absolute atomic E-state index is 0.0101. The number of rotatable bonds is 6. The van der Waals surface area contributed by atoms with Crippen molar-refractivity contribution in [1.29, 1.82) is 0 Å². The third-order valence-corrected chi connectivity index (χ3v) is 6.64. The Balaban J connectivity index is 1.79.